The van der Waals surface area contributed by atoms with Crippen molar-refractivity contribution in [2.75, 3.05) is 11.9 Å². The monoisotopic (exact) mass is 427 g/mol. The minimum absolute atomic E-state index is 0.192. The van der Waals surface area contributed by atoms with Crippen LogP contribution in [0.1, 0.15) is 16.7 Å². The average Bonchev–Trinajstić information content (AvgIpc) is 2.77. The van der Waals surface area contributed by atoms with E-state index in [1.165, 1.54) is 18.3 Å². The fourth-order valence-electron chi connectivity index (χ4n) is 2.63. The average molecular weight is 427 g/mol. The summed E-state index contributed by atoms with van der Waals surface area (Å²) >= 11 is 0. The number of carbonyl (C=O) groups excluding carboxylic acids is 1. The van der Waals surface area contributed by atoms with Crippen LogP contribution >= 0.6 is 0 Å². The maximum atomic E-state index is 12.7. The van der Waals surface area contributed by atoms with Crippen LogP contribution in [0.3, 0.4) is 0 Å². The second kappa shape index (κ2) is 10.3. The number of anilines is 1. The molecule has 3 rings (SSSR count). The second-order valence-electron chi connectivity index (χ2n) is 6.57. The Labute approximate surface area is 177 Å². The van der Waals surface area contributed by atoms with Gasteiger partial charge in [-0.3, -0.25) is 4.79 Å². The molecule has 31 heavy (non-hydrogen) atoms. The van der Waals surface area contributed by atoms with Crippen LogP contribution in [-0.4, -0.2) is 18.7 Å². The van der Waals surface area contributed by atoms with Gasteiger partial charge in [-0.25, -0.2) is 5.43 Å². The van der Waals surface area contributed by atoms with Crippen LogP contribution in [0.15, 0.2) is 84.0 Å². The van der Waals surface area contributed by atoms with Crippen molar-refractivity contribution in [1.29, 1.82) is 0 Å². The number of hydrogen-bond donors (Lipinski definition) is 2. The first-order chi connectivity index (χ1) is 14.9. The lowest BCUT2D eigenvalue weighted by Gasteiger charge is -2.10. The van der Waals surface area contributed by atoms with Gasteiger partial charge in [0.15, 0.2) is 0 Å². The first-order valence-corrected chi connectivity index (χ1v) is 9.40. The lowest BCUT2D eigenvalue weighted by Crippen LogP contribution is -2.26. The smallest absolute Gasteiger partial charge is 0.416 e. The number of ether oxygens (including phenoxy) is 1. The molecule has 0 spiro atoms. The molecular weight excluding hydrogens is 407 g/mol. The van der Waals surface area contributed by atoms with Crippen molar-refractivity contribution in [2.24, 2.45) is 5.10 Å². The summed E-state index contributed by atoms with van der Waals surface area (Å²) in [5.74, 6) is 0.162. The number of alkyl halides is 3. The topological polar surface area (TPSA) is 62.7 Å². The van der Waals surface area contributed by atoms with E-state index < -0.39 is 17.6 Å². The van der Waals surface area contributed by atoms with E-state index in [4.69, 9.17) is 4.74 Å². The molecule has 8 heteroatoms. The lowest BCUT2D eigenvalue weighted by molar-refractivity contribution is -0.137. The van der Waals surface area contributed by atoms with Crippen molar-refractivity contribution in [3.63, 3.8) is 0 Å². The summed E-state index contributed by atoms with van der Waals surface area (Å²) in [4.78, 5) is 11.9. The number of halogens is 3. The number of hydrazone groups is 1. The molecule has 0 aromatic heterocycles. The molecule has 0 saturated carbocycles. The minimum Gasteiger partial charge on any atom is -0.489 e. The molecule has 0 fully saturated rings. The Morgan fingerprint density at radius 3 is 2.52 bits per heavy atom. The highest BCUT2D eigenvalue weighted by Crippen LogP contribution is 2.30. The molecule has 0 saturated heterocycles. The molecule has 0 aliphatic carbocycles. The number of nitrogens with zero attached hydrogens (tertiary/aromatic N) is 1. The number of rotatable bonds is 8. The fraction of sp³-hybridized carbons (Fsp3) is 0.130. The van der Waals surface area contributed by atoms with E-state index in [9.17, 15) is 18.0 Å². The molecule has 0 unspecified atom stereocenters. The molecule has 0 aliphatic heterocycles. The highest BCUT2D eigenvalue weighted by atomic mass is 19.4. The van der Waals surface area contributed by atoms with Crippen LogP contribution in [0.2, 0.25) is 0 Å². The van der Waals surface area contributed by atoms with Gasteiger partial charge in [0.1, 0.15) is 12.4 Å². The van der Waals surface area contributed by atoms with Gasteiger partial charge in [-0.1, -0.05) is 48.5 Å². The van der Waals surface area contributed by atoms with Gasteiger partial charge in [-0.2, -0.15) is 18.3 Å². The summed E-state index contributed by atoms with van der Waals surface area (Å²) in [6.07, 6.45) is -2.98. The summed E-state index contributed by atoms with van der Waals surface area (Å²) in [7, 11) is 0. The van der Waals surface area contributed by atoms with E-state index in [0.717, 1.165) is 23.3 Å². The van der Waals surface area contributed by atoms with Crippen molar-refractivity contribution in [1.82, 2.24) is 5.43 Å². The molecule has 1 amide bonds. The summed E-state index contributed by atoms with van der Waals surface area (Å²) in [5.41, 5.74) is 3.50. The summed E-state index contributed by atoms with van der Waals surface area (Å²) in [5, 5.41) is 6.51. The molecule has 0 heterocycles. The van der Waals surface area contributed by atoms with Gasteiger partial charge in [0.05, 0.1) is 18.3 Å². The molecule has 3 aromatic rings. The third-order valence-electron chi connectivity index (χ3n) is 4.15. The van der Waals surface area contributed by atoms with E-state index in [1.807, 2.05) is 36.4 Å². The SMILES string of the molecule is O=C(CNc1cccc(C(F)(F)F)c1)N/N=C/c1cccc(OCc2ccccc2)c1. The summed E-state index contributed by atoms with van der Waals surface area (Å²) in [6.45, 7) is 0.207. The predicted molar refractivity (Wildman–Crippen MR) is 113 cm³/mol. The number of amides is 1. The quantitative estimate of drug-likeness (QED) is 0.399. The first kappa shape index (κ1) is 21.9. The zero-order valence-electron chi connectivity index (χ0n) is 16.4. The Morgan fingerprint density at radius 1 is 0.968 bits per heavy atom. The Bertz CT molecular complexity index is 1040. The molecular formula is C23H20F3N3O2. The van der Waals surface area contributed by atoms with E-state index in [0.29, 0.717) is 12.4 Å². The van der Waals surface area contributed by atoms with Gasteiger partial charge >= 0.3 is 6.18 Å². The van der Waals surface area contributed by atoms with Gasteiger partial charge in [0.25, 0.3) is 5.91 Å². The lowest BCUT2D eigenvalue weighted by atomic mass is 10.2. The van der Waals surface area contributed by atoms with Crippen molar-refractivity contribution < 1.29 is 22.7 Å². The Morgan fingerprint density at radius 2 is 1.74 bits per heavy atom. The first-order valence-electron chi connectivity index (χ1n) is 9.40. The maximum absolute atomic E-state index is 12.7. The van der Waals surface area contributed by atoms with Crippen LogP contribution in [-0.2, 0) is 17.6 Å². The highest BCUT2D eigenvalue weighted by Gasteiger charge is 2.30. The maximum Gasteiger partial charge on any atom is 0.416 e. The van der Waals surface area contributed by atoms with Gasteiger partial charge in [-0.15, -0.1) is 0 Å². The van der Waals surface area contributed by atoms with Crippen LogP contribution in [0.4, 0.5) is 18.9 Å². The van der Waals surface area contributed by atoms with Crippen molar-refractivity contribution in [3.05, 3.63) is 95.6 Å². The molecule has 0 bridgehead atoms. The van der Waals surface area contributed by atoms with Gasteiger partial charge < -0.3 is 10.1 Å². The van der Waals surface area contributed by atoms with Crippen LogP contribution in [0, 0.1) is 0 Å². The molecule has 0 atom stereocenters. The van der Waals surface area contributed by atoms with Crippen LogP contribution in [0.5, 0.6) is 5.75 Å². The number of nitrogens with one attached hydrogen (secondary N) is 2. The standard InChI is InChI=1S/C23H20F3N3O2/c24-23(25,26)19-9-5-10-20(13-19)27-15-22(30)29-28-14-18-8-4-11-21(12-18)31-16-17-6-2-1-3-7-17/h1-14,27H,15-16H2,(H,29,30)/b28-14+. The molecule has 0 radical (unpaired) electrons. The molecule has 3 aromatic carbocycles. The zero-order valence-corrected chi connectivity index (χ0v) is 16.4. The Hall–Kier alpha value is -3.81. The van der Waals surface area contributed by atoms with Gasteiger partial charge in [0.2, 0.25) is 0 Å². The van der Waals surface area contributed by atoms with Gasteiger partial charge in [0, 0.05) is 5.69 Å². The van der Waals surface area contributed by atoms with E-state index in [1.54, 1.807) is 18.2 Å². The largest absolute Gasteiger partial charge is 0.489 e. The highest BCUT2D eigenvalue weighted by molar-refractivity contribution is 5.84. The number of hydrogen-bond acceptors (Lipinski definition) is 4. The van der Waals surface area contributed by atoms with Crippen molar-refractivity contribution in [2.45, 2.75) is 12.8 Å². The van der Waals surface area contributed by atoms with Crippen molar-refractivity contribution in [3.8, 4) is 5.75 Å². The van der Waals surface area contributed by atoms with Crippen LogP contribution in [0.25, 0.3) is 0 Å². The van der Waals surface area contributed by atoms with E-state index in [-0.39, 0.29) is 12.2 Å². The predicted octanol–water partition coefficient (Wildman–Crippen LogP) is 4.85. The molecule has 2 N–H and O–H groups in total. The zero-order chi connectivity index (χ0) is 22.1. The van der Waals surface area contributed by atoms with Gasteiger partial charge in [-0.05, 0) is 41.5 Å². The molecule has 0 aliphatic rings. The number of benzene rings is 3. The normalized spacial score (nSPS) is 11.3. The third kappa shape index (κ3) is 7.18. The Balaban J connectivity index is 1.47. The number of carbonyl (C=O) groups is 1. The Kier molecular flexibility index (Phi) is 7.26. The summed E-state index contributed by atoms with van der Waals surface area (Å²) < 4.78 is 43.9. The van der Waals surface area contributed by atoms with Crippen LogP contribution < -0.4 is 15.5 Å². The van der Waals surface area contributed by atoms with Crippen molar-refractivity contribution >= 4 is 17.8 Å². The molecule has 160 valence electrons. The van der Waals surface area contributed by atoms with E-state index in [2.05, 4.69) is 15.8 Å². The fourth-order valence-corrected chi connectivity index (χ4v) is 2.63. The second-order valence-corrected chi connectivity index (χ2v) is 6.57. The third-order valence-corrected chi connectivity index (χ3v) is 4.15. The molecule has 5 nitrogen and oxygen atoms in total. The minimum atomic E-state index is -4.44. The van der Waals surface area contributed by atoms with E-state index >= 15 is 0 Å². The summed E-state index contributed by atoms with van der Waals surface area (Å²) in [6, 6.07) is 21.6.